The molecule has 0 atom stereocenters. The predicted molar refractivity (Wildman–Crippen MR) is 508 cm³/mol. The Bertz CT molecular complexity index is 7610. The fraction of sp³-hybridized carbons (Fsp3) is 0.0702. The van der Waals surface area contributed by atoms with Gasteiger partial charge in [0.15, 0.2) is 29.1 Å². The van der Waals surface area contributed by atoms with Crippen LogP contribution in [0.1, 0.15) is 94.5 Å². The molecule has 0 fully saturated rings. The number of rotatable bonds is 10. The monoisotopic (exact) mass is 1610 g/mol. The number of fused-ring (bicyclic) bond motifs is 18. The van der Waals surface area contributed by atoms with Crippen molar-refractivity contribution in [2.24, 2.45) is 0 Å². The molecule has 2 N–H and O–H groups in total. The van der Waals surface area contributed by atoms with Crippen LogP contribution in [0.25, 0.3) is 145 Å². The van der Waals surface area contributed by atoms with Gasteiger partial charge in [-0.25, -0.2) is 19.9 Å². The van der Waals surface area contributed by atoms with E-state index in [4.69, 9.17) is 31.5 Å². The molecule has 2 heterocycles. The van der Waals surface area contributed by atoms with E-state index >= 15 is 0 Å². The molecule has 0 unspecified atom stereocenters. The fourth-order valence-electron chi connectivity index (χ4n) is 20.5. The van der Waals surface area contributed by atoms with Gasteiger partial charge in [-0.15, -0.1) is 0 Å². The van der Waals surface area contributed by atoms with Gasteiger partial charge in [0.25, 0.3) is 0 Å². The second-order valence-electron chi connectivity index (χ2n) is 33.9. The molecule has 588 valence electrons. The smallest absolute Gasteiger partial charge is 0.423 e. The highest BCUT2D eigenvalue weighted by molar-refractivity contribution is 6.58. The zero-order chi connectivity index (χ0) is 83.6. The van der Waals surface area contributed by atoms with Crippen LogP contribution in [-0.2, 0) is 21.7 Å². The third-order valence-electron chi connectivity index (χ3n) is 26.4. The quantitative estimate of drug-likeness (QED) is 0.130. The Balaban J connectivity index is 0.000000121. The number of aromatic nitrogens is 6. The Morgan fingerprint density at radius 1 is 0.226 bits per heavy atom. The molecule has 0 saturated heterocycles. The summed E-state index contributed by atoms with van der Waals surface area (Å²) in [7, 11) is -1.50. The van der Waals surface area contributed by atoms with Crippen LogP contribution in [-0.4, -0.2) is 47.1 Å². The van der Waals surface area contributed by atoms with Crippen molar-refractivity contribution in [3.63, 3.8) is 0 Å². The molecule has 0 spiro atoms. The van der Waals surface area contributed by atoms with Crippen molar-refractivity contribution in [2.45, 2.75) is 49.4 Å². The van der Waals surface area contributed by atoms with E-state index in [9.17, 15) is 10.0 Å². The van der Waals surface area contributed by atoms with Gasteiger partial charge in [0, 0.05) is 38.6 Å². The van der Waals surface area contributed by atoms with Crippen LogP contribution < -0.4 is 5.46 Å². The molecular formula is C114H80BClN6O2. The number of benzene rings is 18. The standard InChI is InChI=1S/C57H39N3.C32H22ClN3.C25H19BO2/c1-56(2)49-32-29-37-16-11-12-22-44(37)52(49)47-31-28-40(34-50(47)56)54-58-53(39-26-25-36-15-9-10-17-38(36)33-39)59-55(60-54)41-27-30-46-45-23-13-14-24-48(45)57(51(46)35-41,42-18-5-3-6-19-42)43-20-7-4-8-21-43;1-32(2)26-16-14-20-8-5-6-10-24(20)28(26)25-15-13-23(18-27(25)32)30-34-29(35-31(33)36-30)22-12-11-19-7-3-4-9-21(19)17-22;27-26(28)20-15-16-22-21-13-7-8-14-23(21)25(24(22)17-20,18-9-3-1-4-10-18)19-11-5-2-6-12-19/h3-35H,1-2H3;3-18H,1-2H3;1-17,27-28H. The van der Waals surface area contributed by atoms with Crippen molar-refractivity contribution in [1.29, 1.82) is 0 Å². The van der Waals surface area contributed by atoms with Crippen molar-refractivity contribution in [1.82, 2.24) is 29.9 Å². The maximum absolute atomic E-state index is 9.84. The third kappa shape index (κ3) is 12.2. The van der Waals surface area contributed by atoms with E-state index < -0.39 is 17.9 Å². The SMILES string of the molecule is CC1(C)c2cc(-c3nc(-c4ccc5c(c4)C(c4ccccc4)(c4ccccc4)c4ccccc4-5)nc(-c4ccc5ccccc5c4)n3)ccc2-c2c1ccc1ccccc21.CC1(C)c2cc(-c3nc(Cl)nc(-c4ccc5ccccc5c4)n3)ccc2-c2c1ccc1ccccc21.OB(O)c1ccc2c(c1)C(c1ccccc1)(c1ccccc1)c1ccccc1-2. The maximum Gasteiger partial charge on any atom is 0.488 e. The van der Waals surface area contributed by atoms with E-state index in [1.165, 1.54) is 121 Å². The van der Waals surface area contributed by atoms with Crippen LogP contribution >= 0.6 is 11.6 Å². The van der Waals surface area contributed by atoms with Crippen LogP contribution in [0.3, 0.4) is 0 Å². The minimum atomic E-state index is -1.50. The second kappa shape index (κ2) is 29.9. The summed E-state index contributed by atoms with van der Waals surface area (Å²) in [5.74, 6) is 3.10. The summed E-state index contributed by atoms with van der Waals surface area (Å²) < 4.78 is 0. The molecule has 2 aromatic heterocycles. The fourth-order valence-corrected chi connectivity index (χ4v) is 20.7. The van der Waals surface area contributed by atoms with E-state index in [1.807, 2.05) is 42.5 Å². The first kappa shape index (κ1) is 75.5. The highest BCUT2D eigenvalue weighted by Gasteiger charge is 2.49. The Kier molecular flexibility index (Phi) is 18.2. The van der Waals surface area contributed by atoms with E-state index in [0.29, 0.717) is 34.6 Å². The number of halogens is 1. The van der Waals surface area contributed by atoms with Crippen molar-refractivity contribution in [3.8, 4) is 101 Å². The Labute approximate surface area is 725 Å². The van der Waals surface area contributed by atoms with Gasteiger partial charge in [0.05, 0.1) is 10.8 Å². The minimum Gasteiger partial charge on any atom is -0.423 e. The van der Waals surface area contributed by atoms with Crippen LogP contribution in [0.4, 0.5) is 0 Å². The second-order valence-corrected chi connectivity index (χ2v) is 34.2. The lowest BCUT2D eigenvalue weighted by Crippen LogP contribution is -2.33. The lowest BCUT2D eigenvalue weighted by atomic mass is 9.66. The highest BCUT2D eigenvalue weighted by Crippen LogP contribution is 2.60. The molecule has 18 aromatic carbocycles. The van der Waals surface area contributed by atoms with Crippen molar-refractivity contribution < 1.29 is 10.0 Å². The summed E-state index contributed by atoms with van der Waals surface area (Å²) in [6.07, 6.45) is 0. The topological polar surface area (TPSA) is 118 Å². The zero-order valence-corrected chi connectivity index (χ0v) is 69.4. The van der Waals surface area contributed by atoms with Gasteiger partial charge in [-0.1, -0.05) is 398 Å². The van der Waals surface area contributed by atoms with Crippen molar-refractivity contribution in [3.05, 3.63) is 472 Å². The molecule has 4 aliphatic carbocycles. The molecule has 0 bridgehead atoms. The predicted octanol–water partition coefficient (Wildman–Crippen LogP) is 26.0. The average Bonchev–Trinajstić information content (AvgIpc) is 1.53. The molecule has 24 rings (SSSR count). The summed E-state index contributed by atoms with van der Waals surface area (Å²) in [6, 6.07) is 142. The lowest BCUT2D eigenvalue weighted by Gasteiger charge is -2.34. The third-order valence-corrected chi connectivity index (χ3v) is 26.6. The summed E-state index contributed by atoms with van der Waals surface area (Å²) in [5.41, 5.74) is 28.7. The molecule has 0 radical (unpaired) electrons. The van der Waals surface area contributed by atoms with E-state index in [0.717, 1.165) is 60.8 Å². The van der Waals surface area contributed by atoms with Gasteiger partial charge >= 0.3 is 7.12 Å². The molecular weight excluding hydrogens is 1530 g/mol. The van der Waals surface area contributed by atoms with Gasteiger partial charge in [-0.3, -0.25) is 0 Å². The van der Waals surface area contributed by atoms with E-state index in [2.05, 4.69) is 390 Å². The molecule has 4 aliphatic rings. The first-order valence-corrected chi connectivity index (χ1v) is 42.7. The minimum absolute atomic E-state index is 0.136. The van der Waals surface area contributed by atoms with Gasteiger partial charge < -0.3 is 10.0 Å². The zero-order valence-electron chi connectivity index (χ0n) is 68.6. The van der Waals surface area contributed by atoms with E-state index in [1.54, 1.807) is 6.07 Å². The summed E-state index contributed by atoms with van der Waals surface area (Å²) in [5, 5.41) is 29.6. The van der Waals surface area contributed by atoms with Crippen LogP contribution in [0.15, 0.2) is 400 Å². The Morgan fingerprint density at radius 2 is 0.516 bits per heavy atom. The average molecular weight is 1610 g/mol. The van der Waals surface area contributed by atoms with Gasteiger partial charge in [0.1, 0.15) is 0 Å². The number of nitrogens with zero attached hydrogens (tertiary/aromatic N) is 6. The summed E-state index contributed by atoms with van der Waals surface area (Å²) >= 11 is 6.42. The van der Waals surface area contributed by atoms with Crippen LogP contribution in [0.2, 0.25) is 5.28 Å². The largest absolute Gasteiger partial charge is 0.488 e. The molecule has 20 aromatic rings. The molecule has 0 amide bonds. The van der Waals surface area contributed by atoms with Crippen LogP contribution in [0.5, 0.6) is 0 Å². The highest BCUT2D eigenvalue weighted by atomic mass is 35.5. The first-order chi connectivity index (χ1) is 60.7. The molecule has 8 nitrogen and oxygen atoms in total. The molecule has 0 aliphatic heterocycles. The molecule has 0 saturated carbocycles. The number of hydrogen-bond acceptors (Lipinski definition) is 8. The van der Waals surface area contributed by atoms with Crippen molar-refractivity contribution in [2.75, 3.05) is 0 Å². The summed E-state index contributed by atoms with van der Waals surface area (Å²) in [6.45, 7) is 9.25. The lowest BCUT2D eigenvalue weighted by molar-refractivity contribution is 0.425. The van der Waals surface area contributed by atoms with Gasteiger partial charge in [-0.2, -0.15) is 9.97 Å². The normalized spacial score (nSPS) is 13.9. The van der Waals surface area contributed by atoms with Crippen molar-refractivity contribution >= 4 is 67.3 Å². The van der Waals surface area contributed by atoms with Crippen LogP contribution in [0, 0.1) is 0 Å². The van der Waals surface area contributed by atoms with Gasteiger partial charge in [0.2, 0.25) is 5.28 Å². The number of hydrogen-bond donors (Lipinski definition) is 2. The first-order valence-electron chi connectivity index (χ1n) is 42.3. The molecule has 124 heavy (non-hydrogen) atoms. The Hall–Kier alpha value is -14.7. The summed E-state index contributed by atoms with van der Waals surface area (Å²) in [4.78, 5) is 29.8. The maximum atomic E-state index is 9.84. The Morgan fingerprint density at radius 3 is 0.919 bits per heavy atom. The van der Waals surface area contributed by atoms with Gasteiger partial charge in [-0.05, 0) is 202 Å². The molecule has 10 heteroatoms. The van der Waals surface area contributed by atoms with E-state index in [-0.39, 0.29) is 16.1 Å².